The van der Waals surface area contributed by atoms with Crippen LogP contribution in [0.5, 0.6) is 0 Å². The van der Waals surface area contributed by atoms with Crippen molar-refractivity contribution < 1.29 is 19.1 Å². The highest BCUT2D eigenvalue weighted by Gasteiger charge is 2.35. The molecule has 4 rings (SSSR count). The summed E-state index contributed by atoms with van der Waals surface area (Å²) in [5.74, 6) is -0.848. The first-order valence-electron chi connectivity index (χ1n) is 10.0. The van der Waals surface area contributed by atoms with E-state index < -0.39 is 12.0 Å². The number of carbonyl (C=O) groups is 3. The van der Waals surface area contributed by atoms with Crippen LogP contribution in [0.3, 0.4) is 0 Å². The summed E-state index contributed by atoms with van der Waals surface area (Å²) < 4.78 is 4.63. The van der Waals surface area contributed by atoms with E-state index in [1.807, 2.05) is 61.5 Å². The lowest BCUT2D eigenvalue weighted by molar-refractivity contribution is -0.122. The van der Waals surface area contributed by atoms with Crippen molar-refractivity contribution in [1.29, 1.82) is 0 Å². The number of anilines is 3. The predicted octanol–water partition coefficient (Wildman–Crippen LogP) is 4.29. The molecule has 2 aromatic carbocycles. The largest absolute Gasteiger partial charge is 0.453 e. The maximum atomic E-state index is 13.0. The van der Waals surface area contributed by atoms with E-state index >= 15 is 0 Å². The van der Waals surface area contributed by atoms with E-state index in [4.69, 9.17) is 0 Å². The van der Waals surface area contributed by atoms with Gasteiger partial charge in [-0.15, -0.1) is 0 Å². The summed E-state index contributed by atoms with van der Waals surface area (Å²) in [6.07, 6.45) is -0.515. The van der Waals surface area contributed by atoms with Crippen molar-refractivity contribution in [3.8, 4) is 11.3 Å². The smallest absolute Gasteiger partial charge is 0.413 e. The Balaban J connectivity index is 1.54. The molecule has 2 N–H and O–H groups in total. The molecular formula is C23H22N4O4S. The van der Waals surface area contributed by atoms with Crippen LogP contribution in [-0.2, 0) is 14.3 Å². The second kappa shape index (κ2) is 9.19. The van der Waals surface area contributed by atoms with E-state index in [2.05, 4.69) is 20.4 Å². The van der Waals surface area contributed by atoms with E-state index in [0.29, 0.717) is 22.4 Å². The van der Waals surface area contributed by atoms with Crippen molar-refractivity contribution in [3.63, 3.8) is 0 Å². The van der Waals surface area contributed by atoms with E-state index in [1.54, 1.807) is 4.90 Å². The average Bonchev–Trinajstić information content (AvgIpc) is 3.38. The Morgan fingerprint density at radius 1 is 1.09 bits per heavy atom. The van der Waals surface area contributed by atoms with Gasteiger partial charge in [0.2, 0.25) is 11.8 Å². The lowest BCUT2D eigenvalue weighted by atomic mass is 10.1. The zero-order valence-electron chi connectivity index (χ0n) is 17.6. The van der Waals surface area contributed by atoms with E-state index in [1.165, 1.54) is 7.11 Å². The minimum absolute atomic E-state index is 0.0883. The molecule has 2 heterocycles. The fourth-order valence-corrected chi connectivity index (χ4v) is 4.34. The third kappa shape index (κ3) is 4.62. The fourth-order valence-electron chi connectivity index (χ4n) is 3.46. The molecule has 0 bridgehead atoms. The zero-order valence-corrected chi connectivity index (χ0v) is 18.4. The quantitative estimate of drug-likeness (QED) is 0.604. The van der Waals surface area contributed by atoms with Crippen molar-refractivity contribution in [2.45, 2.75) is 13.3 Å². The van der Waals surface area contributed by atoms with Gasteiger partial charge in [0, 0.05) is 24.2 Å². The van der Waals surface area contributed by atoms with Crippen LogP contribution in [0.4, 0.5) is 20.6 Å². The lowest BCUT2D eigenvalue weighted by Gasteiger charge is -2.17. The molecule has 164 valence electrons. The highest BCUT2D eigenvalue weighted by molar-refractivity contribution is 7.20. The van der Waals surface area contributed by atoms with Crippen molar-refractivity contribution in [2.24, 2.45) is 5.92 Å². The molecule has 0 spiro atoms. The summed E-state index contributed by atoms with van der Waals surface area (Å²) in [4.78, 5) is 43.3. The van der Waals surface area contributed by atoms with Crippen LogP contribution < -0.4 is 15.5 Å². The molecule has 32 heavy (non-hydrogen) atoms. The first-order valence-corrected chi connectivity index (χ1v) is 10.9. The Morgan fingerprint density at radius 2 is 1.81 bits per heavy atom. The van der Waals surface area contributed by atoms with Gasteiger partial charge >= 0.3 is 6.09 Å². The van der Waals surface area contributed by atoms with Gasteiger partial charge in [0.15, 0.2) is 5.13 Å². The molecule has 1 saturated heterocycles. The highest BCUT2D eigenvalue weighted by atomic mass is 32.1. The standard InChI is InChI=1S/C23H22N4O4S/c1-14-8-10-17(11-9-14)27-13-16(12-18(27)28)20(29)25-21-19(15-6-4-3-5-7-15)24-22(32-21)26-23(30)31-2/h3-11,16H,12-13H2,1-2H3,(H,25,29)(H,24,26,30). The van der Waals surface area contributed by atoms with Crippen molar-refractivity contribution in [2.75, 3.05) is 29.2 Å². The highest BCUT2D eigenvalue weighted by Crippen LogP contribution is 2.37. The Morgan fingerprint density at radius 3 is 2.50 bits per heavy atom. The molecule has 1 aliphatic rings. The summed E-state index contributed by atoms with van der Waals surface area (Å²) in [7, 11) is 1.26. The minimum Gasteiger partial charge on any atom is -0.453 e. The van der Waals surface area contributed by atoms with Crippen LogP contribution in [0, 0.1) is 12.8 Å². The van der Waals surface area contributed by atoms with Crippen molar-refractivity contribution >= 4 is 45.1 Å². The fraction of sp³-hybridized carbons (Fsp3) is 0.217. The maximum absolute atomic E-state index is 13.0. The molecule has 0 saturated carbocycles. The van der Waals surface area contributed by atoms with Crippen molar-refractivity contribution in [1.82, 2.24) is 4.98 Å². The van der Waals surface area contributed by atoms with Gasteiger partial charge in [-0.05, 0) is 19.1 Å². The average molecular weight is 451 g/mol. The number of benzene rings is 2. The Labute approximate surface area is 189 Å². The van der Waals surface area contributed by atoms with Crippen LogP contribution in [0.1, 0.15) is 12.0 Å². The van der Waals surface area contributed by atoms with Gasteiger partial charge in [-0.2, -0.15) is 0 Å². The summed E-state index contributed by atoms with van der Waals surface area (Å²) >= 11 is 1.13. The predicted molar refractivity (Wildman–Crippen MR) is 124 cm³/mol. The van der Waals surface area contributed by atoms with Gasteiger partial charge in [0.25, 0.3) is 0 Å². The van der Waals surface area contributed by atoms with Crippen molar-refractivity contribution in [3.05, 3.63) is 60.2 Å². The number of thiazole rings is 1. The second-order valence-electron chi connectivity index (χ2n) is 7.41. The van der Waals surface area contributed by atoms with Gasteiger partial charge in [-0.3, -0.25) is 14.9 Å². The summed E-state index contributed by atoms with van der Waals surface area (Å²) in [6, 6.07) is 17.0. The maximum Gasteiger partial charge on any atom is 0.413 e. The molecular weight excluding hydrogens is 428 g/mol. The number of aryl methyl sites for hydroxylation is 1. The Hall–Kier alpha value is -3.72. The molecule has 0 radical (unpaired) electrons. The van der Waals surface area contributed by atoms with Crippen LogP contribution in [0.15, 0.2) is 54.6 Å². The van der Waals surface area contributed by atoms with Crippen LogP contribution in [0.2, 0.25) is 0 Å². The number of nitrogens with one attached hydrogen (secondary N) is 2. The van der Waals surface area contributed by atoms with E-state index in [0.717, 1.165) is 28.2 Å². The molecule has 1 atom stereocenters. The first kappa shape index (κ1) is 21.5. The van der Waals surface area contributed by atoms with Gasteiger partial charge in [0.05, 0.1) is 13.0 Å². The van der Waals surface area contributed by atoms with E-state index in [9.17, 15) is 14.4 Å². The molecule has 3 amide bonds. The topological polar surface area (TPSA) is 101 Å². The molecule has 1 aliphatic heterocycles. The summed E-state index contributed by atoms with van der Waals surface area (Å²) in [5, 5.41) is 6.24. The number of nitrogens with zero attached hydrogens (tertiary/aromatic N) is 2. The van der Waals surface area contributed by atoms with E-state index in [-0.39, 0.29) is 18.2 Å². The molecule has 1 aromatic heterocycles. The number of carbonyl (C=O) groups excluding carboxylic acids is 3. The third-order valence-electron chi connectivity index (χ3n) is 5.15. The van der Waals surface area contributed by atoms with Gasteiger partial charge in [-0.1, -0.05) is 59.4 Å². The number of amides is 3. The SMILES string of the molecule is COC(=O)Nc1nc(-c2ccccc2)c(NC(=O)C2CC(=O)N(c3ccc(C)cc3)C2)s1. The number of ether oxygens (including phenoxy) is 1. The third-order valence-corrected chi connectivity index (χ3v) is 6.03. The molecule has 1 fully saturated rings. The van der Waals surface area contributed by atoms with Crippen LogP contribution in [-0.4, -0.2) is 36.5 Å². The number of hydrogen-bond acceptors (Lipinski definition) is 6. The number of rotatable bonds is 5. The zero-order chi connectivity index (χ0) is 22.7. The second-order valence-corrected chi connectivity index (χ2v) is 8.41. The molecule has 3 aromatic rings. The number of aromatic nitrogens is 1. The molecule has 8 nitrogen and oxygen atoms in total. The number of hydrogen-bond donors (Lipinski definition) is 2. The summed E-state index contributed by atoms with van der Waals surface area (Å²) in [5.41, 5.74) is 3.21. The van der Waals surface area contributed by atoms with Crippen LogP contribution in [0.25, 0.3) is 11.3 Å². The van der Waals surface area contributed by atoms with Crippen LogP contribution >= 0.6 is 11.3 Å². The van der Waals surface area contributed by atoms with Gasteiger partial charge in [0.1, 0.15) is 10.7 Å². The number of methoxy groups -OCH3 is 1. The first-order chi connectivity index (χ1) is 15.4. The monoisotopic (exact) mass is 450 g/mol. The molecule has 9 heteroatoms. The lowest BCUT2D eigenvalue weighted by Crippen LogP contribution is -2.28. The molecule has 1 unspecified atom stereocenters. The Kier molecular flexibility index (Phi) is 6.18. The Bertz CT molecular complexity index is 1140. The summed E-state index contributed by atoms with van der Waals surface area (Å²) in [6.45, 7) is 2.29. The minimum atomic E-state index is -0.647. The van der Waals surface area contributed by atoms with Gasteiger partial charge < -0.3 is 15.0 Å². The van der Waals surface area contributed by atoms with Gasteiger partial charge in [-0.25, -0.2) is 9.78 Å². The molecule has 0 aliphatic carbocycles. The normalized spacial score (nSPS) is 15.5.